The quantitative estimate of drug-likeness (QED) is 0.810. The summed E-state index contributed by atoms with van der Waals surface area (Å²) >= 11 is 0. The van der Waals surface area contributed by atoms with Crippen LogP contribution in [0.3, 0.4) is 0 Å². The van der Waals surface area contributed by atoms with E-state index in [-0.39, 0.29) is 6.07 Å². The monoisotopic (exact) mass is 299 g/mol. The van der Waals surface area contributed by atoms with Gasteiger partial charge in [0, 0.05) is 11.6 Å². The number of alkyl halides is 6. The van der Waals surface area contributed by atoms with Gasteiger partial charge >= 0.3 is 12.4 Å². The third-order valence-electron chi connectivity index (χ3n) is 2.38. The molecule has 0 heterocycles. The number of nitrogens with one attached hydrogen (secondary N) is 1. The van der Waals surface area contributed by atoms with E-state index >= 15 is 0 Å². The summed E-state index contributed by atoms with van der Waals surface area (Å²) in [7, 11) is 0. The van der Waals surface area contributed by atoms with Crippen LogP contribution in [0, 0.1) is 5.92 Å². The lowest BCUT2D eigenvalue weighted by molar-refractivity contribution is -0.143. The molecule has 1 aromatic rings. The molecule has 0 aliphatic heterocycles. The highest BCUT2D eigenvalue weighted by molar-refractivity contribution is 5.92. The van der Waals surface area contributed by atoms with Crippen LogP contribution in [0.2, 0.25) is 0 Å². The van der Waals surface area contributed by atoms with Crippen LogP contribution >= 0.6 is 0 Å². The molecule has 0 atom stereocenters. The molecule has 1 rings (SSSR count). The van der Waals surface area contributed by atoms with Gasteiger partial charge in [-0.1, -0.05) is 13.8 Å². The lowest BCUT2D eigenvalue weighted by atomic mass is 10.1. The average molecular weight is 299 g/mol. The number of hydrogen-bond acceptors (Lipinski definition) is 1. The molecule has 0 aromatic heterocycles. The zero-order chi connectivity index (χ0) is 15.7. The maximum Gasteiger partial charge on any atom is 0.416 e. The van der Waals surface area contributed by atoms with E-state index in [1.807, 2.05) is 5.32 Å². The van der Waals surface area contributed by atoms with Crippen molar-refractivity contribution in [1.82, 2.24) is 0 Å². The summed E-state index contributed by atoms with van der Waals surface area (Å²) in [6.07, 6.45) is -9.86. The first kappa shape index (κ1) is 16.3. The molecular weight excluding hydrogens is 288 g/mol. The minimum absolute atomic E-state index is 0.00499. The summed E-state index contributed by atoms with van der Waals surface area (Å²) in [6.45, 7) is 2.93. The molecule has 0 saturated carbocycles. The highest BCUT2D eigenvalue weighted by Gasteiger charge is 2.37. The lowest BCUT2D eigenvalue weighted by Crippen LogP contribution is -2.19. The third kappa shape index (κ3) is 4.14. The molecule has 1 amide bonds. The van der Waals surface area contributed by atoms with E-state index in [9.17, 15) is 31.1 Å². The average Bonchev–Trinajstić information content (AvgIpc) is 2.26. The second-order valence-electron chi connectivity index (χ2n) is 4.44. The van der Waals surface area contributed by atoms with Crippen molar-refractivity contribution in [3.8, 4) is 0 Å². The Kier molecular flexibility index (Phi) is 4.36. The smallest absolute Gasteiger partial charge is 0.326 e. The topological polar surface area (TPSA) is 29.1 Å². The van der Waals surface area contributed by atoms with Crippen LogP contribution in [0.1, 0.15) is 25.0 Å². The van der Waals surface area contributed by atoms with Gasteiger partial charge in [0.05, 0.1) is 11.1 Å². The number of carbonyl (C=O) groups is 1. The molecule has 0 aliphatic rings. The number of rotatable bonds is 2. The zero-order valence-corrected chi connectivity index (χ0v) is 10.5. The highest BCUT2D eigenvalue weighted by Crippen LogP contribution is 2.37. The van der Waals surface area contributed by atoms with Gasteiger partial charge in [-0.3, -0.25) is 4.79 Å². The van der Waals surface area contributed by atoms with E-state index in [0.29, 0.717) is 12.1 Å². The minimum atomic E-state index is -4.93. The van der Waals surface area contributed by atoms with E-state index in [4.69, 9.17) is 0 Å². The van der Waals surface area contributed by atoms with Crippen LogP contribution in [0.25, 0.3) is 0 Å². The molecule has 0 radical (unpaired) electrons. The summed E-state index contributed by atoms with van der Waals surface area (Å²) in [5.41, 5.74) is -3.47. The van der Waals surface area contributed by atoms with Crippen molar-refractivity contribution >= 4 is 11.6 Å². The van der Waals surface area contributed by atoms with Gasteiger partial charge in [0.1, 0.15) is 0 Å². The van der Waals surface area contributed by atoms with Crippen LogP contribution < -0.4 is 5.32 Å². The first-order valence-corrected chi connectivity index (χ1v) is 5.51. The summed E-state index contributed by atoms with van der Waals surface area (Å²) in [4.78, 5) is 11.4. The SMILES string of the molecule is CC(C)C(=O)Nc1cc(C(F)(F)F)cc(C(F)(F)F)c1. The molecular formula is C12H11F6NO. The first-order valence-electron chi connectivity index (χ1n) is 5.51. The van der Waals surface area contributed by atoms with Crippen LogP contribution in [0.15, 0.2) is 18.2 Å². The van der Waals surface area contributed by atoms with Crippen molar-refractivity contribution in [3.05, 3.63) is 29.3 Å². The van der Waals surface area contributed by atoms with Crippen LogP contribution in [-0.4, -0.2) is 5.91 Å². The molecule has 0 saturated heterocycles. The van der Waals surface area contributed by atoms with Gasteiger partial charge in [0.2, 0.25) is 5.91 Å². The predicted octanol–water partition coefficient (Wildman–Crippen LogP) is 4.32. The first-order chi connectivity index (χ1) is 8.91. The predicted molar refractivity (Wildman–Crippen MR) is 59.9 cm³/mol. The van der Waals surface area contributed by atoms with E-state index in [0.717, 1.165) is 0 Å². The number of benzene rings is 1. The molecule has 0 unspecified atom stereocenters. The summed E-state index contributed by atoms with van der Waals surface area (Å²) in [6, 6.07) is 0.941. The molecule has 112 valence electrons. The van der Waals surface area contributed by atoms with Crippen LogP contribution in [-0.2, 0) is 17.1 Å². The van der Waals surface area contributed by atoms with Crippen molar-refractivity contribution in [2.75, 3.05) is 5.32 Å². The molecule has 8 heteroatoms. The van der Waals surface area contributed by atoms with Crippen LogP contribution in [0.4, 0.5) is 32.0 Å². The number of halogens is 6. The van der Waals surface area contributed by atoms with Gasteiger partial charge in [0.15, 0.2) is 0 Å². The van der Waals surface area contributed by atoms with Crippen molar-refractivity contribution in [1.29, 1.82) is 0 Å². The molecule has 1 N–H and O–H groups in total. The van der Waals surface area contributed by atoms with Gasteiger partial charge in [0.25, 0.3) is 0 Å². The van der Waals surface area contributed by atoms with Crippen molar-refractivity contribution in [2.24, 2.45) is 5.92 Å². The van der Waals surface area contributed by atoms with Gasteiger partial charge in [-0.25, -0.2) is 0 Å². The fourth-order valence-electron chi connectivity index (χ4n) is 1.31. The van der Waals surface area contributed by atoms with Crippen molar-refractivity contribution in [3.63, 3.8) is 0 Å². The fraction of sp³-hybridized carbons (Fsp3) is 0.417. The van der Waals surface area contributed by atoms with E-state index in [1.54, 1.807) is 0 Å². The Morgan fingerprint density at radius 2 is 1.35 bits per heavy atom. The van der Waals surface area contributed by atoms with Gasteiger partial charge in [-0.2, -0.15) is 26.3 Å². The fourth-order valence-corrected chi connectivity index (χ4v) is 1.31. The van der Waals surface area contributed by atoms with Crippen LogP contribution in [0.5, 0.6) is 0 Å². The largest absolute Gasteiger partial charge is 0.416 e. The summed E-state index contributed by atoms with van der Waals surface area (Å²) < 4.78 is 75.3. The van der Waals surface area contributed by atoms with E-state index in [1.165, 1.54) is 13.8 Å². The Morgan fingerprint density at radius 1 is 0.950 bits per heavy atom. The van der Waals surface area contributed by atoms with E-state index in [2.05, 4.69) is 0 Å². The number of amides is 1. The number of carbonyl (C=O) groups excluding carboxylic acids is 1. The lowest BCUT2D eigenvalue weighted by Gasteiger charge is -2.15. The number of hydrogen-bond donors (Lipinski definition) is 1. The Hall–Kier alpha value is -1.73. The normalized spacial score (nSPS) is 12.7. The molecule has 0 spiro atoms. The highest BCUT2D eigenvalue weighted by atomic mass is 19.4. The maximum atomic E-state index is 12.6. The third-order valence-corrected chi connectivity index (χ3v) is 2.38. The van der Waals surface area contributed by atoms with Gasteiger partial charge in [-0.15, -0.1) is 0 Å². The summed E-state index contributed by atoms with van der Waals surface area (Å²) in [5, 5.41) is 2.03. The molecule has 1 aromatic carbocycles. The molecule has 0 aliphatic carbocycles. The molecule has 20 heavy (non-hydrogen) atoms. The van der Waals surface area contributed by atoms with Crippen molar-refractivity contribution in [2.45, 2.75) is 26.2 Å². The van der Waals surface area contributed by atoms with Crippen molar-refractivity contribution < 1.29 is 31.1 Å². The number of anilines is 1. The summed E-state index contributed by atoms with van der Waals surface area (Å²) in [5.74, 6) is -1.24. The van der Waals surface area contributed by atoms with E-state index < -0.39 is 41.0 Å². The molecule has 2 nitrogen and oxygen atoms in total. The Bertz CT molecular complexity index is 471. The maximum absolute atomic E-state index is 12.6. The van der Waals surface area contributed by atoms with Gasteiger partial charge < -0.3 is 5.32 Å². The Balaban J connectivity index is 3.28. The standard InChI is InChI=1S/C12H11F6NO/c1-6(2)10(20)19-9-4-7(11(13,14)15)3-8(5-9)12(16,17)18/h3-6H,1-2H3,(H,19,20). The molecule has 0 bridgehead atoms. The van der Waals surface area contributed by atoms with Gasteiger partial charge in [-0.05, 0) is 18.2 Å². The Morgan fingerprint density at radius 3 is 1.65 bits per heavy atom. The Labute approximate surface area is 110 Å². The zero-order valence-electron chi connectivity index (χ0n) is 10.5. The molecule has 0 fully saturated rings. The second-order valence-corrected chi connectivity index (χ2v) is 4.44. The minimum Gasteiger partial charge on any atom is -0.326 e. The second kappa shape index (κ2) is 5.34.